The summed E-state index contributed by atoms with van der Waals surface area (Å²) in [6.07, 6.45) is 2.57. The lowest BCUT2D eigenvalue weighted by atomic mass is 10.1. The molecule has 4 aromatic rings. The maximum atomic E-state index is 13.6. The van der Waals surface area contributed by atoms with Gasteiger partial charge in [-0.1, -0.05) is 38.1 Å². The standard InChI is InChI=1S/C26H28FN7O/c1-16(2)25(35)30-13-18-6-4-8-23-20(18)15-31-34(23)26-32-22-9-10-28-14-21(22)24(33-26)29-12-17-5-3-7-19(27)11-17/h3-8,11,15-16,28H,9-10,12-14H2,1-2H3,(H,30,35)(H,29,32,33). The second-order valence-corrected chi connectivity index (χ2v) is 8.99. The van der Waals surface area contributed by atoms with E-state index in [1.54, 1.807) is 16.9 Å². The predicted octanol–water partition coefficient (Wildman–Crippen LogP) is 3.48. The fraction of sp³-hybridized carbons (Fsp3) is 0.308. The van der Waals surface area contributed by atoms with Gasteiger partial charge in [0, 0.05) is 49.5 Å². The number of nitrogens with one attached hydrogen (secondary N) is 3. The molecule has 0 atom stereocenters. The molecule has 2 aromatic carbocycles. The molecule has 0 aliphatic carbocycles. The van der Waals surface area contributed by atoms with Crippen LogP contribution in [0, 0.1) is 11.7 Å². The molecule has 2 aromatic heterocycles. The Hall–Kier alpha value is -3.85. The van der Waals surface area contributed by atoms with E-state index in [1.165, 1.54) is 12.1 Å². The van der Waals surface area contributed by atoms with Crippen LogP contribution in [0.25, 0.3) is 16.9 Å². The Morgan fingerprint density at radius 1 is 1.17 bits per heavy atom. The Labute approximate surface area is 203 Å². The quantitative estimate of drug-likeness (QED) is 0.380. The fourth-order valence-corrected chi connectivity index (χ4v) is 4.21. The molecule has 0 saturated carbocycles. The number of carbonyl (C=O) groups excluding carboxylic acids is 1. The van der Waals surface area contributed by atoms with E-state index in [-0.39, 0.29) is 17.6 Å². The molecule has 1 aliphatic heterocycles. The first-order chi connectivity index (χ1) is 17.0. The Morgan fingerprint density at radius 3 is 2.86 bits per heavy atom. The van der Waals surface area contributed by atoms with Crippen LogP contribution in [0.4, 0.5) is 10.2 Å². The zero-order valence-electron chi connectivity index (χ0n) is 19.8. The Bertz CT molecular complexity index is 1380. The van der Waals surface area contributed by atoms with Crippen molar-refractivity contribution in [2.75, 3.05) is 11.9 Å². The van der Waals surface area contributed by atoms with Crippen LogP contribution in [0.15, 0.2) is 48.7 Å². The molecular formula is C26H28FN7O. The van der Waals surface area contributed by atoms with E-state index in [4.69, 9.17) is 9.97 Å². The summed E-state index contributed by atoms with van der Waals surface area (Å²) < 4.78 is 15.4. The number of fused-ring (bicyclic) bond motifs is 2. The number of rotatable bonds is 7. The van der Waals surface area contributed by atoms with Crippen molar-refractivity contribution < 1.29 is 9.18 Å². The van der Waals surface area contributed by atoms with Crippen molar-refractivity contribution in [3.05, 3.63) is 76.9 Å². The maximum Gasteiger partial charge on any atom is 0.253 e. The zero-order valence-corrected chi connectivity index (χ0v) is 19.8. The van der Waals surface area contributed by atoms with Gasteiger partial charge in [-0.3, -0.25) is 4.79 Å². The minimum atomic E-state index is -0.264. The first-order valence-electron chi connectivity index (χ1n) is 11.8. The third kappa shape index (κ3) is 4.85. The van der Waals surface area contributed by atoms with Gasteiger partial charge < -0.3 is 16.0 Å². The minimum Gasteiger partial charge on any atom is -0.366 e. The third-order valence-electron chi connectivity index (χ3n) is 6.14. The van der Waals surface area contributed by atoms with Crippen LogP contribution in [-0.4, -0.2) is 32.2 Å². The van der Waals surface area contributed by atoms with Gasteiger partial charge in [-0.25, -0.2) is 9.37 Å². The number of nitrogens with zero attached hydrogens (tertiary/aromatic N) is 4. The van der Waals surface area contributed by atoms with Gasteiger partial charge >= 0.3 is 0 Å². The molecule has 0 fully saturated rings. The number of hydrogen-bond acceptors (Lipinski definition) is 6. The van der Waals surface area contributed by atoms with Crippen LogP contribution < -0.4 is 16.0 Å². The lowest BCUT2D eigenvalue weighted by molar-refractivity contribution is -0.124. The molecule has 1 aliphatic rings. The molecule has 35 heavy (non-hydrogen) atoms. The molecule has 9 heteroatoms. The average molecular weight is 474 g/mol. The van der Waals surface area contributed by atoms with Crippen LogP contribution in [0.5, 0.6) is 0 Å². The molecule has 8 nitrogen and oxygen atoms in total. The van der Waals surface area contributed by atoms with Gasteiger partial charge in [0.25, 0.3) is 5.95 Å². The molecule has 3 N–H and O–H groups in total. The Morgan fingerprint density at radius 2 is 2.03 bits per heavy atom. The van der Waals surface area contributed by atoms with Crippen LogP contribution in [0.1, 0.15) is 36.2 Å². The molecule has 3 heterocycles. The van der Waals surface area contributed by atoms with Gasteiger partial charge in [-0.2, -0.15) is 14.8 Å². The van der Waals surface area contributed by atoms with Crippen molar-refractivity contribution >= 4 is 22.6 Å². The Kier molecular flexibility index (Phi) is 6.41. The second kappa shape index (κ2) is 9.79. The molecule has 0 spiro atoms. The summed E-state index contributed by atoms with van der Waals surface area (Å²) in [4.78, 5) is 21.7. The van der Waals surface area contributed by atoms with Crippen LogP contribution >= 0.6 is 0 Å². The van der Waals surface area contributed by atoms with Gasteiger partial charge in [-0.15, -0.1) is 0 Å². The van der Waals surface area contributed by atoms with E-state index in [0.29, 0.717) is 31.4 Å². The van der Waals surface area contributed by atoms with Crippen molar-refractivity contribution in [2.24, 2.45) is 5.92 Å². The average Bonchev–Trinajstić information content (AvgIpc) is 3.30. The van der Waals surface area contributed by atoms with E-state index in [0.717, 1.165) is 46.3 Å². The van der Waals surface area contributed by atoms with Gasteiger partial charge in [0.15, 0.2) is 0 Å². The largest absolute Gasteiger partial charge is 0.366 e. The number of amides is 1. The molecule has 5 rings (SSSR count). The highest BCUT2D eigenvalue weighted by Crippen LogP contribution is 2.25. The van der Waals surface area contributed by atoms with Crippen LogP contribution in [0.3, 0.4) is 0 Å². The van der Waals surface area contributed by atoms with Crippen molar-refractivity contribution in [1.82, 2.24) is 30.4 Å². The molecule has 1 amide bonds. The van der Waals surface area contributed by atoms with E-state index < -0.39 is 0 Å². The summed E-state index contributed by atoms with van der Waals surface area (Å²) in [5.41, 5.74) is 4.67. The van der Waals surface area contributed by atoms with Crippen molar-refractivity contribution in [1.29, 1.82) is 0 Å². The smallest absolute Gasteiger partial charge is 0.253 e. The minimum absolute atomic E-state index is 0.00929. The van der Waals surface area contributed by atoms with E-state index in [1.807, 2.05) is 38.1 Å². The van der Waals surface area contributed by atoms with E-state index in [2.05, 4.69) is 21.0 Å². The molecule has 180 valence electrons. The van der Waals surface area contributed by atoms with E-state index in [9.17, 15) is 9.18 Å². The highest BCUT2D eigenvalue weighted by atomic mass is 19.1. The molecule has 0 radical (unpaired) electrons. The SMILES string of the molecule is CC(C)C(=O)NCc1cccc2c1cnn2-c1nc2c(c(NCc3cccc(F)c3)n1)CNCC2. The Balaban J connectivity index is 1.48. The lowest BCUT2D eigenvalue weighted by Gasteiger charge is -2.21. The predicted molar refractivity (Wildman–Crippen MR) is 132 cm³/mol. The van der Waals surface area contributed by atoms with Gasteiger partial charge in [-0.05, 0) is 29.3 Å². The summed E-state index contributed by atoms with van der Waals surface area (Å²) >= 11 is 0. The van der Waals surface area contributed by atoms with Crippen molar-refractivity contribution in [2.45, 2.75) is 39.9 Å². The topological polar surface area (TPSA) is 96.8 Å². The van der Waals surface area contributed by atoms with Gasteiger partial charge in [0.05, 0.1) is 17.4 Å². The summed E-state index contributed by atoms with van der Waals surface area (Å²) in [5, 5.41) is 15.3. The third-order valence-corrected chi connectivity index (χ3v) is 6.14. The number of benzene rings is 2. The fourth-order valence-electron chi connectivity index (χ4n) is 4.21. The number of carbonyl (C=O) groups is 1. The highest BCUT2D eigenvalue weighted by molar-refractivity contribution is 5.84. The lowest BCUT2D eigenvalue weighted by Crippen LogP contribution is -2.27. The normalized spacial score (nSPS) is 13.1. The van der Waals surface area contributed by atoms with Gasteiger partial charge in [0.2, 0.25) is 5.91 Å². The summed E-state index contributed by atoms with van der Waals surface area (Å²) in [6.45, 7) is 6.12. The van der Waals surface area contributed by atoms with Gasteiger partial charge in [0.1, 0.15) is 11.6 Å². The highest BCUT2D eigenvalue weighted by Gasteiger charge is 2.20. The number of anilines is 1. The summed E-state index contributed by atoms with van der Waals surface area (Å²) in [7, 11) is 0. The van der Waals surface area contributed by atoms with Crippen LogP contribution in [0.2, 0.25) is 0 Å². The number of aromatic nitrogens is 4. The molecule has 0 unspecified atom stereocenters. The number of halogens is 1. The summed E-state index contributed by atoms with van der Waals surface area (Å²) in [5.74, 6) is 0.861. The van der Waals surface area contributed by atoms with Crippen molar-refractivity contribution in [3.8, 4) is 5.95 Å². The van der Waals surface area contributed by atoms with Crippen LogP contribution in [-0.2, 0) is 30.8 Å². The number of hydrogen-bond donors (Lipinski definition) is 3. The second-order valence-electron chi connectivity index (χ2n) is 8.99. The molecule has 0 saturated heterocycles. The monoisotopic (exact) mass is 473 g/mol. The van der Waals surface area contributed by atoms with E-state index >= 15 is 0 Å². The first kappa shape index (κ1) is 22.9. The maximum absolute atomic E-state index is 13.6. The summed E-state index contributed by atoms with van der Waals surface area (Å²) in [6, 6.07) is 12.4. The first-order valence-corrected chi connectivity index (χ1v) is 11.8. The molecule has 0 bridgehead atoms. The van der Waals surface area contributed by atoms with Crippen molar-refractivity contribution in [3.63, 3.8) is 0 Å². The molecular weight excluding hydrogens is 445 g/mol. The zero-order chi connectivity index (χ0) is 24.4.